The molecule has 0 radical (unpaired) electrons. The fourth-order valence-electron chi connectivity index (χ4n) is 1.27. The van der Waals surface area contributed by atoms with Crippen LogP contribution in [0, 0.1) is 12.7 Å². The molecular weight excluding hydrogens is 227 g/mol. The molecule has 0 spiro atoms. The molecule has 0 unspecified atom stereocenters. The van der Waals surface area contributed by atoms with E-state index in [9.17, 15) is 9.18 Å². The monoisotopic (exact) mass is 236 g/mol. The molecule has 1 heterocycles. The summed E-state index contributed by atoms with van der Waals surface area (Å²) in [4.78, 5) is 14.2. The first-order valence-corrected chi connectivity index (χ1v) is 4.78. The van der Waals surface area contributed by atoms with E-state index < -0.39 is 11.8 Å². The Hall–Kier alpha value is -2.37. The van der Waals surface area contributed by atoms with Gasteiger partial charge in [-0.1, -0.05) is 6.07 Å². The van der Waals surface area contributed by atoms with Gasteiger partial charge in [-0.3, -0.25) is 0 Å². The van der Waals surface area contributed by atoms with Gasteiger partial charge in [0.1, 0.15) is 12.1 Å². The Bertz CT molecular complexity index is 566. The molecular formula is C11H9FN2O3. The van der Waals surface area contributed by atoms with Crippen LogP contribution in [-0.4, -0.2) is 16.1 Å². The SMILES string of the molecule is Cc1ccc(Nc2nc(C(=O)O)co2)c(F)c1. The van der Waals surface area contributed by atoms with Gasteiger partial charge >= 0.3 is 5.97 Å². The Morgan fingerprint density at radius 1 is 1.53 bits per heavy atom. The van der Waals surface area contributed by atoms with Crippen molar-refractivity contribution in [3.05, 3.63) is 41.5 Å². The molecule has 0 saturated heterocycles. The molecule has 2 N–H and O–H groups in total. The third kappa shape index (κ3) is 2.41. The molecule has 0 amide bonds. The Kier molecular flexibility index (Phi) is 2.78. The van der Waals surface area contributed by atoms with Crippen molar-refractivity contribution in [2.45, 2.75) is 6.92 Å². The number of carbonyl (C=O) groups is 1. The summed E-state index contributed by atoms with van der Waals surface area (Å²) in [5.41, 5.74) is 0.723. The quantitative estimate of drug-likeness (QED) is 0.856. The molecule has 0 fully saturated rings. The summed E-state index contributed by atoms with van der Waals surface area (Å²) >= 11 is 0. The standard InChI is InChI=1S/C11H9FN2O3/c1-6-2-3-8(7(12)4-6)13-11-14-9(5-17-11)10(15)16/h2-5H,1H3,(H,13,14)(H,15,16). The van der Waals surface area contributed by atoms with Gasteiger partial charge in [0.2, 0.25) is 0 Å². The summed E-state index contributed by atoms with van der Waals surface area (Å²) in [6.45, 7) is 1.76. The highest BCUT2D eigenvalue weighted by molar-refractivity contribution is 5.85. The molecule has 1 aromatic carbocycles. The maximum absolute atomic E-state index is 13.5. The zero-order valence-electron chi connectivity index (χ0n) is 8.90. The minimum atomic E-state index is -1.20. The number of aryl methyl sites for hydroxylation is 1. The van der Waals surface area contributed by atoms with E-state index in [4.69, 9.17) is 9.52 Å². The summed E-state index contributed by atoms with van der Waals surface area (Å²) < 4.78 is 18.3. The number of anilines is 2. The average Bonchev–Trinajstić information content (AvgIpc) is 2.71. The van der Waals surface area contributed by atoms with Crippen LogP contribution in [0.25, 0.3) is 0 Å². The minimum Gasteiger partial charge on any atom is -0.476 e. The van der Waals surface area contributed by atoms with Gasteiger partial charge in [0, 0.05) is 0 Å². The van der Waals surface area contributed by atoms with E-state index in [0.29, 0.717) is 0 Å². The molecule has 0 aliphatic heterocycles. The number of halogens is 1. The van der Waals surface area contributed by atoms with Crippen LogP contribution in [0.2, 0.25) is 0 Å². The fourth-order valence-corrected chi connectivity index (χ4v) is 1.27. The molecule has 1 aromatic heterocycles. The summed E-state index contributed by atoms with van der Waals surface area (Å²) in [7, 11) is 0. The smallest absolute Gasteiger partial charge is 0.357 e. The molecule has 0 saturated carbocycles. The van der Waals surface area contributed by atoms with Gasteiger partial charge in [-0.15, -0.1) is 0 Å². The molecule has 0 atom stereocenters. The number of nitrogens with zero attached hydrogens (tertiary/aromatic N) is 1. The van der Waals surface area contributed by atoms with Crippen molar-refractivity contribution in [3.63, 3.8) is 0 Å². The highest BCUT2D eigenvalue weighted by Gasteiger charge is 2.11. The molecule has 0 aliphatic carbocycles. The first-order valence-electron chi connectivity index (χ1n) is 4.78. The Morgan fingerprint density at radius 2 is 2.29 bits per heavy atom. The second kappa shape index (κ2) is 4.25. The summed E-state index contributed by atoms with van der Waals surface area (Å²) in [6.07, 6.45) is 0.983. The van der Waals surface area contributed by atoms with Crippen LogP contribution in [0.5, 0.6) is 0 Å². The maximum atomic E-state index is 13.5. The van der Waals surface area contributed by atoms with Crippen LogP contribution >= 0.6 is 0 Å². The lowest BCUT2D eigenvalue weighted by Gasteiger charge is -2.03. The van der Waals surface area contributed by atoms with Crippen LogP contribution in [0.1, 0.15) is 16.1 Å². The zero-order chi connectivity index (χ0) is 12.4. The van der Waals surface area contributed by atoms with Gasteiger partial charge in [0.05, 0.1) is 5.69 Å². The topological polar surface area (TPSA) is 75.4 Å². The second-order valence-electron chi connectivity index (χ2n) is 3.45. The molecule has 0 aliphatic rings. The predicted octanol–water partition coefficient (Wildman–Crippen LogP) is 2.56. The number of hydrogen-bond acceptors (Lipinski definition) is 4. The van der Waals surface area contributed by atoms with Crippen molar-refractivity contribution in [2.24, 2.45) is 0 Å². The van der Waals surface area contributed by atoms with Crippen LogP contribution < -0.4 is 5.32 Å². The van der Waals surface area contributed by atoms with Gasteiger partial charge in [-0.05, 0) is 24.6 Å². The Morgan fingerprint density at radius 3 is 2.88 bits per heavy atom. The molecule has 88 valence electrons. The van der Waals surface area contributed by atoms with E-state index in [0.717, 1.165) is 11.8 Å². The molecule has 2 aromatic rings. The Balaban J connectivity index is 2.22. The van der Waals surface area contributed by atoms with Crippen LogP contribution in [0.15, 0.2) is 28.9 Å². The summed E-state index contributed by atoms with van der Waals surface area (Å²) in [5.74, 6) is -1.66. The van der Waals surface area contributed by atoms with Gasteiger partial charge in [0.25, 0.3) is 6.01 Å². The van der Waals surface area contributed by atoms with Crippen molar-refractivity contribution >= 4 is 17.7 Å². The van der Waals surface area contributed by atoms with E-state index >= 15 is 0 Å². The average molecular weight is 236 g/mol. The Labute approximate surface area is 95.9 Å². The number of oxazole rings is 1. The number of aromatic carboxylic acids is 1. The molecule has 6 heteroatoms. The third-order valence-corrected chi connectivity index (χ3v) is 2.09. The maximum Gasteiger partial charge on any atom is 0.357 e. The highest BCUT2D eigenvalue weighted by Crippen LogP contribution is 2.20. The minimum absolute atomic E-state index is 0.0647. The lowest BCUT2D eigenvalue weighted by Crippen LogP contribution is -1.98. The number of benzene rings is 1. The lowest BCUT2D eigenvalue weighted by molar-refractivity contribution is 0.0690. The number of nitrogens with one attached hydrogen (secondary N) is 1. The summed E-state index contributed by atoms with van der Waals surface area (Å²) in [5, 5.41) is 11.2. The fraction of sp³-hybridized carbons (Fsp3) is 0.0909. The van der Waals surface area contributed by atoms with Crippen molar-refractivity contribution in [1.82, 2.24) is 4.98 Å². The van der Waals surface area contributed by atoms with E-state index in [1.165, 1.54) is 12.1 Å². The van der Waals surface area contributed by atoms with Crippen LogP contribution in [-0.2, 0) is 0 Å². The number of carboxylic acids is 1. The number of carboxylic acid groups (broad SMARTS) is 1. The van der Waals surface area contributed by atoms with E-state index in [1.807, 2.05) is 0 Å². The number of rotatable bonds is 3. The lowest BCUT2D eigenvalue weighted by atomic mass is 10.2. The number of hydrogen-bond donors (Lipinski definition) is 2. The van der Waals surface area contributed by atoms with Gasteiger partial charge < -0.3 is 14.8 Å². The van der Waals surface area contributed by atoms with Crippen molar-refractivity contribution in [1.29, 1.82) is 0 Å². The van der Waals surface area contributed by atoms with Gasteiger partial charge in [-0.2, -0.15) is 4.98 Å². The van der Waals surface area contributed by atoms with E-state index in [-0.39, 0.29) is 17.4 Å². The molecule has 17 heavy (non-hydrogen) atoms. The van der Waals surface area contributed by atoms with Gasteiger partial charge in [-0.25, -0.2) is 9.18 Å². The first-order chi connectivity index (χ1) is 8.06. The van der Waals surface area contributed by atoms with Crippen molar-refractivity contribution < 1.29 is 18.7 Å². The van der Waals surface area contributed by atoms with Gasteiger partial charge in [0.15, 0.2) is 5.69 Å². The van der Waals surface area contributed by atoms with E-state index in [1.54, 1.807) is 13.0 Å². The van der Waals surface area contributed by atoms with Crippen LogP contribution in [0.3, 0.4) is 0 Å². The molecule has 2 rings (SSSR count). The first kappa shape index (κ1) is 11.1. The highest BCUT2D eigenvalue weighted by atomic mass is 19.1. The molecule has 0 bridgehead atoms. The van der Waals surface area contributed by atoms with Crippen molar-refractivity contribution in [3.8, 4) is 0 Å². The normalized spacial score (nSPS) is 10.2. The predicted molar refractivity (Wildman–Crippen MR) is 57.9 cm³/mol. The van der Waals surface area contributed by atoms with Crippen molar-refractivity contribution in [2.75, 3.05) is 5.32 Å². The second-order valence-corrected chi connectivity index (χ2v) is 3.45. The summed E-state index contributed by atoms with van der Waals surface area (Å²) in [6, 6.07) is 4.52. The van der Waals surface area contributed by atoms with E-state index in [2.05, 4.69) is 10.3 Å². The van der Waals surface area contributed by atoms with Crippen LogP contribution in [0.4, 0.5) is 16.1 Å². The largest absolute Gasteiger partial charge is 0.476 e. The zero-order valence-corrected chi connectivity index (χ0v) is 8.90. The molecule has 5 nitrogen and oxygen atoms in total. The third-order valence-electron chi connectivity index (χ3n) is 2.09. The number of aromatic nitrogens is 1.